The van der Waals surface area contributed by atoms with E-state index < -0.39 is 17.8 Å². The first-order valence-corrected chi connectivity index (χ1v) is 8.39. The van der Waals surface area contributed by atoms with Gasteiger partial charge in [0.1, 0.15) is 0 Å². The van der Waals surface area contributed by atoms with Crippen LogP contribution in [0.1, 0.15) is 56.7 Å². The number of alkyl halides is 3. The number of rotatable bonds is 3. The lowest BCUT2D eigenvalue weighted by atomic mass is 9.86. The lowest BCUT2D eigenvalue weighted by Crippen LogP contribution is -2.45. The van der Waals surface area contributed by atoms with Crippen molar-refractivity contribution in [3.05, 3.63) is 35.4 Å². The predicted octanol–water partition coefficient (Wildman–Crippen LogP) is 4.99. The summed E-state index contributed by atoms with van der Waals surface area (Å²) >= 11 is 0. The Hall–Kier alpha value is -1.72. The van der Waals surface area contributed by atoms with Crippen LogP contribution in [0, 0.1) is 5.92 Å². The monoisotopic (exact) mass is 342 g/mol. The topological polar surface area (TPSA) is 32.3 Å². The van der Waals surface area contributed by atoms with Crippen LogP contribution in [0.15, 0.2) is 24.3 Å². The van der Waals surface area contributed by atoms with E-state index in [4.69, 9.17) is 0 Å². The molecule has 134 valence electrons. The zero-order valence-corrected chi connectivity index (χ0v) is 14.4. The van der Waals surface area contributed by atoms with Crippen molar-refractivity contribution >= 4 is 6.03 Å². The third kappa shape index (κ3) is 4.65. The lowest BCUT2D eigenvalue weighted by Gasteiger charge is -2.34. The first kappa shape index (κ1) is 18.6. The zero-order chi connectivity index (χ0) is 17.9. The highest BCUT2D eigenvalue weighted by atomic mass is 19.4. The summed E-state index contributed by atoms with van der Waals surface area (Å²) in [6.07, 6.45) is -0.137. The van der Waals surface area contributed by atoms with Gasteiger partial charge in [-0.1, -0.05) is 31.9 Å². The molecule has 3 nitrogen and oxygen atoms in total. The SMILES string of the molecule is CC1CCCC(N(C)C(=O)NC(C)c2cccc(C(F)(F)F)c2)C1. The van der Waals surface area contributed by atoms with Crippen LogP contribution in [0.3, 0.4) is 0 Å². The molecule has 6 heteroatoms. The minimum Gasteiger partial charge on any atom is -0.331 e. The summed E-state index contributed by atoms with van der Waals surface area (Å²) in [6.45, 7) is 3.88. The molecule has 3 unspecified atom stereocenters. The van der Waals surface area contributed by atoms with Gasteiger partial charge in [0.05, 0.1) is 11.6 Å². The van der Waals surface area contributed by atoms with E-state index in [0.717, 1.165) is 31.4 Å². The highest BCUT2D eigenvalue weighted by Crippen LogP contribution is 2.31. The van der Waals surface area contributed by atoms with Crippen LogP contribution in [0.4, 0.5) is 18.0 Å². The number of benzene rings is 1. The molecule has 2 rings (SSSR count). The second-order valence-corrected chi connectivity index (χ2v) is 6.83. The molecule has 2 amide bonds. The number of carbonyl (C=O) groups excluding carboxylic acids is 1. The minimum atomic E-state index is -4.38. The minimum absolute atomic E-state index is 0.197. The van der Waals surface area contributed by atoms with Gasteiger partial charge in [0, 0.05) is 13.1 Å². The molecule has 0 aliphatic heterocycles. The van der Waals surface area contributed by atoms with Gasteiger partial charge in [-0.25, -0.2) is 4.79 Å². The van der Waals surface area contributed by atoms with Gasteiger partial charge in [-0.3, -0.25) is 0 Å². The Labute approximate surface area is 141 Å². The summed E-state index contributed by atoms with van der Waals surface area (Å²) in [7, 11) is 1.76. The van der Waals surface area contributed by atoms with Crippen molar-refractivity contribution in [1.82, 2.24) is 10.2 Å². The van der Waals surface area contributed by atoms with Crippen LogP contribution in [0.25, 0.3) is 0 Å². The molecule has 1 saturated carbocycles. The van der Waals surface area contributed by atoms with Crippen molar-refractivity contribution in [3.8, 4) is 0 Å². The number of nitrogens with one attached hydrogen (secondary N) is 1. The Morgan fingerprint density at radius 3 is 2.67 bits per heavy atom. The summed E-state index contributed by atoms with van der Waals surface area (Å²) in [5, 5.41) is 2.81. The molecule has 0 spiro atoms. The van der Waals surface area contributed by atoms with E-state index in [1.54, 1.807) is 24.9 Å². The Morgan fingerprint density at radius 2 is 2.04 bits per heavy atom. The van der Waals surface area contributed by atoms with Crippen molar-refractivity contribution in [2.45, 2.75) is 57.8 Å². The van der Waals surface area contributed by atoms with Crippen molar-refractivity contribution < 1.29 is 18.0 Å². The molecule has 1 fully saturated rings. The normalized spacial score (nSPS) is 22.8. The van der Waals surface area contributed by atoms with Crippen molar-refractivity contribution in [2.24, 2.45) is 5.92 Å². The molecular formula is C18H25F3N2O. The Bertz CT molecular complexity index is 574. The van der Waals surface area contributed by atoms with Crippen molar-refractivity contribution in [1.29, 1.82) is 0 Å². The van der Waals surface area contributed by atoms with E-state index in [1.807, 2.05) is 0 Å². The quantitative estimate of drug-likeness (QED) is 0.825. The molecular weight excluding hydrogens is 317 g/mol. The average molecular weight is 342 g/mol. The summed E-state index contributed by atoms with van der Waals surface area (Å²) in [6, 6.07) is 4.57. The summed E-state index contributed by atoms with van der Waals surface area (Å²) in [5.41, 5.74) is -0.251. The Kier molecular flexibility index (Phi) is 5.78. The second-order valence-electron chi connectivity index (χ2n) is 6.83. The van der Waals surface area contributed by atoms with Crippen LogP contribution < -0.4 is 5.32 Å². The molecule has 1 aromatic carbocycles. The number of hydrogen-bond donors (Lipinski definition) is 1. The molecule has 3 atom stereocenters. The summed E-state index contributed by atoms with van der Waals surface area (Å²) < 4.78 is 38.4. The zero-order valence-electron chi connectivity index (χ0n) is 14.4. The fourth-order valence-corrected chi connectivity index (χ4v) is 3.27. The van der Waals surface area contributed by atoms with Gasteiger partial charge in [-0.15, -0.1) is 0 Å². The van der Waals surface area contributed by atoms with Crippen molar-refractivity contribution in [3.63, 3.8) is 0 Å². The summed E-state index contributed by atoms with van der Waals surface area (Å²) in [4.78, 5) is 14.1. The maximum absolute atomic E-state index is 12.8. The number of urea groups is 1. The highest BCUT2D eigenvalue weighted by Gasteiger charge is 2.31. The van der Waals surface area contributed by atoms with Gasteiger partial charge in [0.15, 0.2) is 0 Å². The van der Waals surface area contributed by atoms with E-state index in [2.05, 4.69) is 12.2 Å². The van der Waals surface area contributed by atoms with Gasteiger partial charge in [-0.2, -0.15) is 13.2 Å². The summed E-state index contributed by atoms with van der Waals surface area (Å²) in [5.74, 6) is 0.597. The maximum atomic E-state index is 12.8. The lowest BCUT2D eigenvalue weighted by molar-refractivity contribution is -0.137. The smallest absolute Gasteiger partial charge is 0.331 e. The van der Waals surface area contributed by atoms with E-state index in [0.29, 0.717) is 11.5 Å². The van der Waals surface area contributed by atoms with E-state index in [9.17, 15) is 18.0 Å². The molecule has 0 radical (unpaired) electrons. The van der Waals surface area contributed by atoms with Crippen LogP contribution in [0.5, 0.6) is 0 Å². The fraction of sp³-hybridized carbons (Fsp3) is 0.611. The molecule has 1 aromatic rings. The molecule has 0 heterocycles. The second kappa shape index (κ2) is 7.45. The van der Waals surface area contributed by atoms with Crippen LogP contribution in [0.2, 0.25) is 0 Å². The first-order valence-electron chi connectivity index (χ1n) is 8.39. The molecule has 24 heavy (non-hydrogen) atoms. The van der Waals surface area contributed by atoms with E-state index >= 15 is 0 Å². The standard InChI is InChI=1S/C18H25F3N2O/c1-12-6-4-9-16(10-12)23(3)17(24)22-13(2)14-7-5-8-15(11-14)18(19,20)21/h5,7-8,11-13,16H,4,6,9-10H2,1-3H3,(H,22,24). The third-order valence-electron chi connectivity index (χ3n) is 4.83. The Morgan fingerprint density at radius 1 is 1.33 bits per heavy atom. The largest absolute Gasteiger partial charge is 0.416 e. The van der Waals surface area contributed by atoms with Crippen LogP contribution >= 0.6 is 0 Å². The highest BCUT2D eigenvalue weighted by molar-refractivity contribution is 5.74. The molecule has 0 bridgehead atoms. The van der Waals surface area contributed by atoms with E-state index in [1.165, 1.54) is 12.5 Å². The molecule has 1 aliphatic rings. The number of carbonyl (C=O) groups is 1. The van der Waals surface area contributed by atoms with Crippen LogP contribution in [-0.2, 0) is 6.18 Å². The van der Waals surface area contributed by atoms with Crippen molar-refractivity contribution in [2.75, 3.05) is 7.05 Å². The number of halogens is 3. The van der Waals surface area contributed by atoms with E-state index in [-0.39, 0.29) is 12.1 Å². The molecule has 0 aromatic heterocycles. The van der Waals surface area contributed by atoms with Gasteiger partial charge in [0.2, 0.25) is 0 Å². The first-order chi connectivity index (χ1) is 11.2. The molecule has 1 aliphatic carbocycles. The van der Waals surface area contributed by atoms with Gasteiger partial charge in [-0.05, 0) is 43.4 Å². The van der Waals surface area contributed by atoms with Crippen LogP contribution in [-0.4, -0.2) is 24.0 Å². The predicted molar refractivity (Wildman–Crippen MR) is 87.6 cm³/mol. The Balaban J connectivity index is 2.01. The molecule has 0 saturated heterocycles. The van der Waals surface area contributed by atoms with Gasteiger partial charge >= 0.3 is 12.2 Å². The number of hydrogen-bond acceptors (Lipinski definition) is 1. The number of nitrogens with zero attached hydrogens (tertiary/aromatic N) is 1. The third-order valence-corrected chi connectivity index (χ3v) is 4.83. The maximum Gasteiger partial charge on any atom is 0.416 e. The average Bonchev–Trinajstić information content (AvgIpc) is 2.53. The van der Waals surface area contributed by atoms with Gasteiger partial charge < -0.3 is 10.2 Å². The molecule has 1 N–H and O–H groups in total. The number of amides is 2. The van der Waals surface area contributed by atoms with Gasteiger partial charge in [0.25, 0.3) is 0 Å². The fourth-order valence-electron chi connectivity index (χ4n) is 3.27.